The molecule has 0 radical (unpaired) electrons. The van der Waals surface area contributed by atoms with Crippen LogP contribution in [-0.2, 0) is 16.5 Å². The van der Waals surface area contributed by atoms with Crippen molar-refractivity contribution >= 4 is 10.1 Å². The Morgan fingerprint density at radius 2 is 1.44 bits per heavy atom. The van der Waals surface area contributed by atoms with E-state index in [1.165, 1.54) is 88.1 Å². The van der Waals surface area contributed by atoms with E-state index in [4.69, 9.17) is 4.74 Å². The minimum Gasteiger partial charge on any atom is -0.872 e. The van der Waals surface area contributed by atoms with Gasteiger partial charge in [-0.2, -0.15) is 8.42 Å². The average Bonchev–Trinajstić information content (AvgIpc) is 2.73. The van der Waals surface area contributed by atoms with Crippen molar-refractivity contribution in [1.82, 2.24) is 0 Å². The number of hydrogen-bond donors (Lipinski definition) is 1. The molecule has 0 fully saturated rings. The van der Waals surface area contributed by atoms with Crippen LogP contribution in [0.3, 0.4) is 0 Å². The molecule has 5 nitrogen and oxygen atoms in total. The molecule has 2 rings (SSSR count). The molecular weight excluding hydrogens is 451 g/mol. The molecule has 0 bridgehead atoms. The Morgan fingerprint density at radius 1 is 0.844 bits per heavy atom. The average molecular weight is 487 g/mol. The summed E-state index contributed by atoms with van der Waals surface area (Å²) < 4.78 is 37.7. The smallest absolute Gasteiger partial charge is 0.872 e. The van der Waals surface area contributed by atoms with Gasteiger partial charge in [0.05, 0.1) is 4.90 Å². The van der Waals surface area contributed by atoms with E-state index >= 15 is 0 Å². The van der Waals surface area contributed by atoms with Gasteiger partial charge in [0.2, 0.25) is 0 Å². The zero-order valence-electron chi connectivity index (χ0n) is 19.5. The summed E-state index contributed by atoms with van der Waals surface area (Å²) in [6, 6.07) is 10.3. The van der Waals surface area contributed by atoms with E-state index in [-0.39, 0.29) is 67.8 Å². The molecule has 0 aliphatic carbocycles. The Kier molecular flexibility index (Phi) is 15.0. The van der Waals surface area contributed by atoms with Crippen LogP contribution in [0.4, 0.5) is 0 Å². The van der Waals surface area contributed by atoms with Crippen molar-refractivity contribution in [2.75, 3.05) is 0 Å². The zero-order chi connectivity index (χ0) is 22.5. The van der Waals surface area contributed by atoms with Crippen molar-refractivity contribution in [3.05, 3.63) is 48.0 Å². The van der Waals surface area contributed by atoms with Gasteiger partial charge in [-0.3, -0.25) is 4.55 Å². The molecule has 2 aromatic rings. The fourth-order valence-corrected chi connectivity index (χ4v) is 4.16. The Labute approximate surface area is 236 Å². The van der Waals surface area contributed by atoms with Crippen LogP contribution in [0.5, 0.6) is 17.2 Å². The molecule has 0 unspecified atom stereocenters. The Balaban J connectivity index is 0.00000512. The Hall–Kier alpha value is -0.414. The van der Waals surface area contributed by atoms with Crippen LogP contribution in [-0.4, -0.2) is 13.0 Å². The summed E-state index contributed by atoms with van der Waals surface area (Å²) in [6.45, 7) is 2.24. The molecule has 32 heavy (non-hydrogen) atoms. The molecule has 0 aliphatic rings. The van der Waals surface area contributed by atoms with Gasteiger partial charge in [0.15, 0.2) is 0 Å². The molecule has 0 atom stereocenters. The van der Waals surface area contributed by atoms with Crippen LogP contribution in [0.15, 0.2) is 47.4 Å². The minimum atomic E-state index is -4.31. The zero-order valence-corrected chi connectivity index (χ0v) is 23.5. The standard InChI is InChI=1S/C25H36O5S.K/c1-2-3-4-5-6-7-8-9-10-11-12-14-21-17-18-22(26)19-25(21)30-23-15-13-16-24(20-23)31(27,28)29;/h13,15-20,26H,2-12,14H2,1H3,(H,27,28,29);/q;+1/p-1. The van der Waals surface area contributed by atoms with Gasteiger partial charge in [-0.15, -0.1) is 5.75 Å². The minimum absolute atomic E-state index is 0. The van der Waals surface area contributed by atoms with Gasteiger partial charge in [-0.1, -0.05) is 89.3 Å². The molecule has 0 spiro atoms. The fraction of sp³-hybridized carbons (Fsp3) is 0.520. The maximum Gasteiger partial charge on any atom is 1.00 e. The maximum atomic E-state index is 11.8. The van der Waals surface area contributed by atoms with Crippen LogP contribution < -0.4 is 61.2 Å². The third kappa shape index (κ3) is 11.6. The van der Waals surface area contributed by atoms with E-state index in [1.807, 2.05) is 0 Å². The van der Waals surface area contributed by atoms with E-state index < -0.39 is 10.1 Å². The van der Waals surface area contributed by atoms with Crippen LogP contribution in [0.25, 0.3) is 0 Å². The third-order valence-electron chi connectivity index (χ3n) is 5.42. The first-order valence-electron chi connectivity index (χ1n) is 11.5. The summed E-state index contributed by atoms with van der Waals surface area (Å²) >= 11 is 0. The number of rotatable bonds is 15. The van der Waals surface area contributed by atoms with Gasteiger partial charge in [0.25, 0.3) is 10.1 Å². The van der Waals surface area contributed by atoms with E-state index in [0.29, 0.717) is 5.75 Å². The van der Waals surface area contributed by atoms with Gasteiger partial charge in [-0.25, -0.2) is 0 Å². The molecule has 172 valence electrons. The molecule has 0 aromatic heterocycles. The predicted octanol–water partition coefficient (Wildman–Crippen LogP) is 3.66. The van der Waals surface area contributed by atoms with E-state index in [2.05, 4.69) is 6.92 Å². The van der Waals surface area contributed by atoms with Gasteiger partial charge in [-0.05, 0) is 36.6 Å². The molecule has 0 aliphatic heterocycles. The number of unbranched alkanes of at least 4 members (excludes halogenated alkanes) is 10. The van der Waals surface area contributed by atoms with Crippen LogP contribution in [0.1, 0.15) is 83.1 Å². The number of hydrogen-bond acceptors (Lipinski definition) is 4. The molecule has 2 aromatic carbocycles. The molecular formula is C25H35KO5S. The summed E-state index contributed by atoms with van der Waals surface area (Å²) in [5.74, 6) is 0.539. The van der Waals surface area contributed by atoms with Gasteiger partial charge < -0.3 is 9.84 Å². The van der Waals surface area contributed by atoms with E-state index in [0.717, 1.165) is 24.8 Å². The molecule has 0 heterocycles. The summed E-state index contributed by atoms with van der Waals surface area (Å²) in [5.41, 5.74) is 0.924. The second-order valence-corrected chi connectivity index (χ2v) is 9.53. The summed E-state index contributed by atoms with van der Waals surface area (Å²) in [7, 11) is -4.31. The van der Waals surface area contributed by atoms with Crippen molar-refractivity contribution in [3.8, 4) is 17.2 Å². The van der Waals surface area contributed by atoms with Crippen LogP contribution in [0.2, 0.25) is 0 Å². The Bertz CT molecular complexity index is 899. The van der Waals surface area contributed by atoms with Crippen molar-refractivity contribution in [1.29, 1.82) is 0 Å². The van der Waals surface area contributed by atoms with Crippen molar-refractivity contribution in [2.24, 2.45) is 0 Å². The number of aryl methyl sites for hydroxylation is 1. The molecule has 1 N–H and O–H groups in total. The maximum absolute atomic E-state index is 11.8. The third-order valence-corrected chi connectivity index (χ3v) is 6.27. The molecule has 7 heteroatoms. The van der Waals surface area contributed by atoms with Gasteiger partial charge in [0, 0.05) is 6.07 Å². The van der Waals surface area contributed by atoms with E-state index in [9.17, 15) is 18.1 Å². The van der Waals surface area contributed by atoms with Crippen LogP contribution in [0, 0.1) is 0 Å². The number of ether oxygens (including phenoxy) is 1. The first kappa shape index (κ1) is 29.6. The summed E-state index contributed by atoms with van der Waals surface area (Å²) in [6.07, 6.45) is 14.8. The van der Waals surface area contributed by atoms with Crippen molar-refractivity contribution < 1.29 is 74.2 Å². The van der Waals surface area contributed by atoms with Crippen molar-refractivity contribution in [3.63, 3.8) is 0 Å². The number of benzene rings is 2. The second kappa shape index (κ2) is 16.3. The Morgan fingerprint density at radius 3 is 2.03 bits per heavy atom. The summed E-state index contributed by atoms with van der Waals surface area (Å²) in [4.78, 5) is -0.241. The molecule has 0 saturated carbocycles. The molecule has 0 amide bonds. The first-order chi connectivity index (χ1) is 14.9. The normalized spacial score (nSPS) is 11.2. The van der Waals surface area contributed by atoms with Crippen LogP contribution >= 0.6 is 0 Å². The topological polar surface area (TPSA) is 86.7 Å². The summed E-state index contributed by atoms with van der Waals surface area (Å²) in [5, 5.41) is 11.8. The van der Waals surface area contributed by atoms with Crippen molar-refractivity contribution in [2.45, 2.75) is 88.9 Å². The quantitative estimate of drug-likeness (QED) is 0.236. The fourth-order valence-electron chi connectivity index (χ4n) is 3.64. The first-order valence-corrected chi connectivity index (χ1v) is 12.9. The van der Waals surface area contributed by atoms with E-state index in [1.54, 1.807) is 12.1 Å². The SMILES string of the molecule is CCCCCCCCCCCCCc1ccc([O-])cc1Oc1cccc(S(=O)(=O)O)c1.[K+]. The largest absolute Gasteiger partial charge is 1.00 e. The van der Waals surface area contributed by atoms with Gasteiger partial charge in [0.1, 0.15) is 11.5 Å². The second-order valence-electron chi connectivity index (χ2n) is 8.11. The van der Waals surface area contributed by atoms with Gasteiger partial charge >= 0.3 is 51.4 Å². The molecule has 0 saturated heterocycles. The monoisotopic (exact) mass is 486 g/mol. The predicted molar refractivity (Wildman–Crippen MR) is 122 cm³/mol.